The van der Waals surface area contributed by atoms with Crippen LogP contribution in [0.1, 0.15) is 24.6 Å². The number of carbonyl (C=O) groups is 1. The summed E-state index contributed by atoms with van der Waals surface area (Å²) in [5.74, 6) is -0.900. The third-order valence-corrected chi connectivity index (χ3v) is 4.24. The molecule has 0 saturated carbocycles. The number of benzene rings is 1. The number of carboxylic acids is 1. The summed E-state index contributed by atoms with van der Waals surface area (Å²) >= 11 is 12.3. The Kier molecular flexibility index (Phi) is 3.20. The van der Waals surface area contributed by atoms with Gasteiger partial charge in [0.15, 0.2) is 0 Å². The fourth-order valence-corrected chi connectivity index (χ4v) is 3.40. The second kappa shape index (κ2) is 4.65. The number of aromatic nitrogens is 1. The van der Waals surface area contributed by atoms with E-state index in [0.29, 0.717) is 23.1 Å². The number of hydrogen-bond acceptors (Lipinski definition) is 2. The molecule has 0 saturated heterocycles. The highest BCUT2D eigenvalue weighted by Gasteiger charge is 2.38. The molecule has 2 aromatic rings. The largest absolute Gasteiger partial charge is 0.481 e. The first-order chi connectivity index (χ1) is 9.40. The molecule has 0 fully saturated rings. The number of ether oxygens (including phenoxy) is 1. The molecule has 3 rings (SSSR count). The highest BCUT2D eigenvalue weighted by Crippen LogP contribution is 2.41. The monoisotopic (exact) mass is 313 g/mol. The molecule has 2 N–H and O–H groups in total. The van der Waals surface area contributed by atoms with Crippen molar-refractivity contribution in [3.8, 4) is 0 Å². The number of rotatable bonds is 2. The van der Waals surface area contributed by atoms with E-state index < -0.39 is 11.6 Å². The van der Waals surface area contributed by atoms with E-state index in [1.165, 1.54) is 0 Å². The van der Waals surface area contributed by atoms with E-state index in [9.17, 15) is 4.79 Å². The number of hydrogen-bond donors (Lipinski definition) is 2. The zero-order chi connectivity index (χ0) is 14.5. The Morgan fingerprint density at radius 1 is 1.50 bits per heavy atom. The maximum atomic E-state index is 11.1. The number of H-pyrrole nitrogens is 1. The van der Waals surface area contributed by atoms with E-state index in [4.69, 9.17) is 33.0 Å². The minimum atomic E-state index is -0.900. The van der Waals surface area contributed by atoms with Gasteiger partial charge < -0.3 is 14.8 Å². The van der Waals surface area contributed by atoms with Crippen molar-refractivity contribution in [3.63, 3.8) is 0 Å². The molecule has 2 heterocycles. The molecule has 0 radical (unpaired) electrons. The van der Waals surface area contributed by atoms with Gasteiger partial charge in [0.2, 0.25) is 0 Å². The zero-order valence-electron chi connectivity index (χ0n) is 10.8. The Morgan fingerprint density at radius 2 is 2.25 bits per heavy atom. The molecular formula is C14H13Cl2NO3. The van der Waals surface area contributed by atoms with Crippen molar-refractivity contribution in [1.29, 1.82) is 0 Å². The Hall–Kier alpha value is -1.23. The SMILES string of the molecule is CC1(CC(=O)O)OCCc2c1[nH]c1c(Cl)cc(Cl)cc21. The van der Waals surface area contributed by atoms with Crippen LogP contribution in [-0.4, -0.2) is 22.7 Å². The van der Waals surface area contributed by atoms with Crippen LogP contribution < -0.4 is 0 Å². The van der Waals surface area contributed by atoms with Crippen LogP contribution in [0.5, 0.6) is 0 Å². The quantitative estimate of drug-likeness (QED) is 0.887. The second-order valence-corrected chi connectivity index (χ2v) is 6.03. The molecule has 0 bridgehead atoms. The standard InChI is InChI=1S/C14H13Cl2NO3/c1-14(6-11(18)19)13-8(2-3-20-14)9-4-7(15)5-10(16)12(9)17-13/h4-5,17H,2-3,6H2,1H3,(H,18,19). The van der Waals surface area contributed by atoms with Gasteiger partial charge in [-0.15, -0.1) is 0 Å². The van der Waals surface area contributed by atoms with Crippen LogP contribution in [0, 0.1) is 0 Å². The second-order valence-electron chi connectivity index (χ2n) is 5.19. The molecular weight excluding hydrogens is 301 g/mol. The normalized spacial score (nSPS) is 21.9. The fraction of sp³-hybridized carbons (Fsp3) is 0.357. The zero-order valence-corrected chi connectivity index (χ0v) is 12.3. The van der Waals surface area contributed by atoms with Crippen LogP contribution in [0.15, 0.2) is 12.1 Å². The molecule has 106 valence electrons. The molecule has 4 nitrogen and oxygen atoms in total. The number of fused-ring (bicyclic) bond motifs is 3. The third-order valence-electron chi connectivity index (χ3n) is 3.72. The first-order valence-corrected chi connectivity index (χ1v) is 7.02. The maximum Gasteiger partial charge on any atom is 0.306 e. The van der Waals surface area contributed by atoms with Crippen molar-refractivity contribution in [3.05, 3.63) is 33.4 Å². The summed E-state index contributed by atoms with van der Waals surface area (Å²) in [7, 11) is 0. The van der Waals surface area contributed by atoms with Crippen LogP contribution in [0.25, 0.3) is 10.9 Å². The average molecular weight is 314 g/mol. The van der Waals surface area contributed by atoms with Crippen molar-refractivity contribution < 1.29 is 14.6 Å². The highest BCUT2D eigenvalue weighted by molar-refractivity contribution is 6.38. The summed E-state index contributed by atoms with van der Waals surface area (Å²) in [4.78, 5) is 14.3. The van der Waals surface area contributed by atoms with Crippen molar-refractivity contribution in [2.24, 2.45) is 0 Å². The lowest BCUT2D eigenvalue weighted by Gasteiger charge is -2.32. The molecule has 1 atom stereocenters. The molecule has 1 aliphatic heterocycles. The number of aromatic amines is 1. The lowest BCUT2D eigenvalue weighted by atomic mass is 9.90. The highest BCUT2D eigenvalue weighted by atomic mass is 35.5. The molecule has 0 spiro atoms. The summed E-state index contributed by atoms with van der Waals surface area (Å²) < 4.78 is 5.71. The Morgan fingerprint density at radius 3 is 2.95 bits per heavy atom. The minimum Gasteiger partial charge on any atom is -0.481 e. The summed E-state index contributed by atoms with van der Waals surface area (Å²) in [6.07, 6.45) is 0.611. The maximum absolute atomic E-state index is 11.1. The average Bonchev–Trinajstić information content (AvgIpc) is 2.69. The van der Waals surface area contributed by atoms with Gasteiger partial charge in [0, 0.05) is 10.4 Å². The van der Waals surface area contributed by atoms with E-state index in [-0.39, 0.29) is 6.42 Å². The lowest BCUT2D eigenvalue weighted by Crippen LogP contribution is -2.34. The molecule has 0 aliphatic carbocycles. The number of carboxylic acid groups (broad SMARTS) is 1. The molecule has 6 heteroatoms. The summed E-state index contributed by atoms with van der Waals surface area (Å²) in [5.41, 5.74) is 1.74. The first-order valence-electron chi connectivity index (χ1n) is 6.26. The summed E-state index contributed by atoms with van der Waals surface area (Å²) in [5, 5.41) is 11.1. The first kappa shape index (κ1) is 13.7. The van der Waals surface area contributed by atoms with E-state index in [2.05, 4.69) is 4.98 Å². The molecule has 1 aliphatic rings. The van der Waals surface area contributed by atoms with Crippen LogP contribution in [0.2, 0.25) is 10.0 Å². The Labute approximate surface area is 125 Å². The van der Waals surface area contributed by atoms with Gasteiger partial charge in [0.05, 0.1) is 29.3 Å². The van der Waals surface area contributed by atoms with E-state index in [1.807, 2.05) is 6.07 Å². The third kappa shape index (κ3) is 2.08. The van der Waals surface area contributed by atoms with Gasteiger partial charge in [-0.25, -0.2) is 0 Å². The van der Waals surface area contributed by atoms with Gasteiger partial charge in [0.1, 0.15) is 5.60 Å². The van der Waals surface area contributed by atoms with Crippen molar-refractivity contribution in [2.75, 3.05) is 6.61 Å². The van der Waals surface area contributed by atoms with Gasteiger partial charge >= 0.3 is 5.97 Å². The molecule has 1 aromatic heterocycles. The van der Waals surface area contributed by atoms with Crippen LogP contribution in [0.3, 0.4) is 0 Å². The van der Waals surface area contributed by atoms with Gasteiger partial charge in [0.25, 0.3) is 0 Å². The van der Waals surface area contributed by atoms with Gasteiger partial charge in [-0.3, -0.25) is 4.79 Å². The van der Waals surface area contributed by atoms with Crippen LogP contribution in [0.4, 0.5) is 0 Å². The van der Waals surface area contributed by atoms with Crippen molar-refractivity contribution in [1.82, 2.24) is 4.98 Å². The van der Waals surface area contributed by atoms with Crippen LogP contribution in [-0.2, 0) is 21.6 Å². The Bertz CT molecular complexity index is 710. The smallest absolute Gasteiger partial charge is 0.306 e. The van der Waals surface area contributed by atoms with E-state index in [0.717, 1.165) is 22.2 Å². The minimum absolute atomic E-state index is 0.0990. The van der Waals surface area contributed by atoms with Crippen molar-refractivity contribution in [2.45, 2.75) is 25.4 Å². The predicted octanol–water partition coefficient (Wildman–Crippen LogP) is 3.74. The number of halogens is 2. The Balaban J connectivity index is 2.25. The fourth-order valence-electron chi connectivity index (χ4n) is 2.86. The predicted molar refractivity (Wildman–Crippen MR) is 77.6 cm³/mol. The van der Waals surface area contributed by atoms with Crippen molar-refractivity contribution >= 4 is 40.1 Å². The number of aliphatic carboxylic acids is 1. The topological polar surface area (TPSA) is 62.3 Å². The summed E-state index contributed by atoms with van der Waals surface area (Å²) in [6, 6.07) is 3.52. The van der Waals surface area contributed by atoms with E-state index >= 15 is 0 Å². The molecule has 20 heavy (non-hydrogen) atoms. The van der Waals surface area contributed by atoms with E-state index in [1.54, 1.807) is 13.0 Å². The molecule has 1 unspecified atom stereocenters. The lowest BCUT2D eigenvalue weighted by molar-refractivity contribution is -0.146. The number of nitrogens with one attached hydrogen (secondary N) is 1. The molecule has 0 amide bonds. The molecule has 1 aromatic carbocycles. The van der Waals surface area contributed by atoms with Gasteiger partial charge in [-0.05, 0) is 31.0 Å². The van der Waals surface area contributed by atoms with Gasteiger partial charge in [-0.2, -0.15) is 0 Å². The van der Waals surface area contributed by atoms with Crippen LogP contribution >= 0.6 is 23.2 Å². The summed E-state index contributed by atoms with van der Waals surface area (Å²) in [6.45, 7) is 2.26. The van der Waals surface area contributed by atoms with Gasteiger partial charge in [-0.1, -0.05) is 23.2 Å².